The summed E-state index contributed by atoms with van der Waals surface area (Å²) in [7, 11) is 0. The molecule has 0 aliphatic heterocycles. The van der Waals surface area contributed by atoms with E-state index < -0.39 is 0 Å². The van der Waals surface area contributed by atoms with E-state index in [9.17, 15) is 0 Å². The fraction of sp³-hybridized carbons (Fsp3) is 0.818. The number of anilines is 2. The monoisotopic (exact) mass is 424 g/mol. The molecule has 1 aromatic rings. The number of likely N-dealkylation sites (N-methyl/N-ethyl adjacent to an activating group) is 2. The average molecular weight is 425 g/mol. The van der Waals surface area contributed by atoms with Gasteiger partial charge in [-0.2, -0.15) is 4.98 Å². The molecule has 0 amide bonds. The van der Waals surface area contributed by atoms with E-state index in [2.05, 4.69) is 52.4 Å². The maximum Gasteiger partial charge on any atom is 0.221 e. The van der Waals surface area contributed by atoms with Crippen LogP contribution in [-0.4, -0.2) is 98.6 Å². The highest BCUT2D eigenvalue weighted by molar-refractivity contribution is 5.40. The maximum atomic E-state index is 5.82. The van der Waals surface area contributed by atoms with E-state index in [1.165, 1.54) is 0 Å². The first kappa shape index (κ1) is 26.6. The van der Waals surface area contributed by atoms with Crippen molar-refractivity contribution in [3.05, 3.63) is 12.3 Å². The summed E-state index contributed by atoms with van der Waals surface area (Å²) in [5.41, 5.74) is 5.79. The van der Waals surface area contributed by atoms with Gasteiger partial charge < -0.3 is 29.9 Å². The van der Waals surface area contributed by atoms with Gasteiger partial charge in [0.05, 0.1) is 13.2 Å². The third-order valence-electron chi connectivity index (χ3n) is 5.31. The molecule has 174 valence electrons. The summed E-state index contributed by atoms with van der Waals surface area (Å²) >= 11 is 0. The van der Waals surface area contributed by atoms with Gasteiger partial charge >= 0.3 is 0 Å². The lowest BCUT2D eigenvalue weighted by atomic mass is 10.3. The molecule has 2 N–H and O–H groups in total. The largest absolute Gasteiger partial charge is 0.380 e. The summed E-state index contributed by atoms with van der Waals surface area (Å²) in [5, 5.41) is 0. The zero-order chi connectivity index (χ0) is 22.0. The number of nitrogens with two attached hydrogens (primary N) is 1. The predicted octanol–water partition coefficient (Wildman–Crippen LogP) is 2.36. The van der Waals surface area contributed by atoms with E-state index in [0.29, 0.717) is 5.95 Å². The van der Waals surface area contributed by atoms with E-state index in [0.717, 1.165) is 97.4 Å². The lowest BCUT2D eigenvalue weighted by molar-refractivity contribution is 0.103. The number of rotatable bonds is 19. The van der Waals surface area contributed by atoms with Gasteiger partial charge in [0, 0.05) is 45.6 Å². The van der Waals surface area contributed by atoms with Crippen molar-refractivity contribution in [2.45, 2.75) is 40.5 Å². The zero-order valence-electron chi connectivity index (χ0n) is 19.7. The number of hydrogen-bond donors (Lipinski definition) is 1. The van der Waals surface area contributed by atoms with Crippen LogP contribution in [0.4, 0.5) is 11.8 Å². The van der Waals surface area contributed by atoms with E-state index in [1.54, 1.807) is 6.20 Å². The van der Waals surface area contributed by atoms with Crippen molar-refractivity contribution in [1.82, 2.24) is 19.8 Å². The fourth-order valence-electron chi connectivity index (χ4n) is 3.27. The number of hydrogen-bond acceptors (Lipinski definition) is 8. The number of nitrogen functional groups attached to an aromatic ring is 1. The van der Waals surface area contributed by atoms with E-state index in [4.69, 9.17) is 15.2 Å². The van der Waals surface area contributed by atoms with Gasteiger partial charge in [0.15, 0.2) is 0 Å². The van der Waals surface area contributed by atoms with Crippen molar-refractivity contribution in [3.63, 3.8) is 0 Å². The van der Waals surface area contributed by atoms with Gasteiger partial charge in [-0.1, -0.05) is 27.7 Å². The van der Waals surface area contributed by atoms with Crippen LogP contribution in [0.3, 0.4) is 0 Å². The number of aromatic nitrogens is 2. The van der Waals surface area contributed by atoms with Crippen LogP contribution >= 0.6 is 0 Å². The molecule has 0 saturated heterocycles. The van der Waals surface area contributed by atoms with Crippen LogP contribution in [0.25, 0.3) is 0 Å². The van der Waals surface area contributed by atoms with Crippen molar-refractivity contribution in [2.75, 3.05) is 89.4 Å². The first-order valence-electron chi connectivity index (χ1n) is 11.6. The van der Waals surface area contributed by atoms with Crippen LogP contribution in [0.2, 0.25) is 0 Å². The third kappa shape index (κ3) is 11.6. The minimum absolute atomic E-state index is 0.309. The molecule has 30 heavy (non-hydrogen) atoms. The molecule has 8 heteroatoms. The molecule has 1 heterocycles. The molecule has 1 rings (SSSR count). The van der Waals surface area contributed by atoms with Crippen molar-refractivity contribution in [3.8, 4) is 0 Å². The van der Waals surface area contributed by atoms with Crippen LogP contribution in [0.1, 0.15) is 40.5 Å². The Balaban J connectivity index is 2.34. The van der Waals surface area contributed by atoms with Crippen LogP contribution in [0.5, 0.6) is 0 Å². The van der Waals surface area contributed by atoms with Gasteiger partial charge in [-0.25, -0.2) is 4.98 Å². The van der Waals surface area contributed by atoms with Gasteiger partial charge in [-0.05, 0) is 45.1 Å². The van der Waals surface area contributed by atoms with Crippen molar-refractivity contribution in [2.24, 2.45) is 0 Å². The second-order valence-electron chi connectivity index (χ2n) is 7.25. The summed E-state index contributed by atoms with van der Waals surface area (Å²) in [4.78, 5) is 15.4. The minimum atomic E-state index is 0.309. The summed E-state index contributed by atoms with van der Waals surface area (Å²) < 4.78 is 11.6. The minimum Gasteiger partial charge on any atom is -0.380 e. The molecule has 0 unspecified atom stereocenters. The maximum absolute atomic E-state index is 5.82. The fourth-order valence-corrected chi connectivity index (χ4v) is 3.27. The molecule has 0 saturated carbocycles. The quantitative estimate of drug-likeness (QED) is 0.339. The standard InChI is InChI=1S/C22H44N6O2/c1-5-26(6-2)15-19-29-17-9-13-28(21-11-12-24-22(23)25-21)14-10-18-30-20-16-27(7-3)8-4/h11-12H,5-10,13-20H2,1-4H3,(H2,23,24,25). The Hall–Kier alpha value is -1.48. The molecule has 0 bridgehead atoms. The zero-order valence-corrected chi connectivity index (χ0v) is 19.7. The Bertz CT molecular complexity index is 502. The molecule has 8 nitrogen and oxygen atoms in total. The Morgan fingerprint density at radius 2 is 1.27 bits per heavy atom. The van der Waals surface area contributed by atoms with Gasteiger partial charge in [0.25, 0.3) is 0 Å². The van der Waals surface area contributed by atoms with Gasteiger partial charge in [-0.15, -0.1) is 0 Å². The van der Waals surface area contributed by atoms with Crippen molar-refractivity contribution in [1.29, 1.82) is 0 Å². The Morgan fingerprint density at radius 3 is 1.70 bits per heavy atom. The summed E-state index contributed by atoms with van der Waals surface area (Å²) in [6.45, 7) is 19.8. The molecule has 0 aromatic carbocycles. The molecule has 0 spiro atoms. The second kappa shape index (κ2) is 17.2. The van der Waals surface area contributed by atoms with E-state index in [1.807, 2.05) is 6.07 Å². The van der Waals surface area contributed by atoms with Crippen molar-refractivity contribution < 1.29 is 9.47 Å². The molecule has 0 fully saturated rings. The Kier molecular flexibility index (Phi) is 15.2. The smallest absolute Gasteiger partial charge is 0.221 e. The molecule has 0 aliphatic carbocycles. The highest BCUT2D eigenvalue weighted by atomic mass is 16.5. The lowest BCUT2D eigenvalue weighted by Gasteiger charge is -2.24. The van der Waals surface area contributed by atoms with Gasteiger partial charge in [0.2, 0.25) is 5.95 Å². The summed E-state index contributed by atoms with van der Waals surface area (Å²) in [6.07, 6.45) is 3.61. The molecule has 0 aliphatic rings. The molecule has 0 radical (unpaired) electrons. The second-order valence-corrected chi connectivity index (χ2v) is 7.25. The highest BCUT2D eigenvalue weighted by Crippen LogP contribution is 2.12. The molecule has 1 aromatic heterocycles. The van der Waals surface area contributed by atoms with Gasteiger partial charge in [0.1, 0.15) is 5.82 Å². The topological polar surface area (TPSA) is 80.0 Å². The normalized spacial score (nSPS) is 11.5. The van der Waals surface area contributed by atoms with E-state index in [-0.39, 0.29) is 0 Å². The van der Waals surface area contributed by atoms with Gasteiger partial charge in [-0.3, -0.25) is 0 Å². The first-order chi connectivity index (χ1) is 14.6. The van der Waals surface area contributed by atoms with Crippen LogP contribution in [-0.2, 0) is 9.47 Å². The Labute approximate surface area is 183 Å². The number of ether oxygens (including phenoxy) is 2. The number of nitrogens with zero attached hydrogens (tertiary/aromatic N) is 5. The Morgan fingerprint density at radius 1 is 0.767 bits per heavy atom. The first-order valence-corrected chi connectivity index (χ1v) is 11.6. The van der Waals surface area contributed by atoms with Crippen LogP contribution < -0.4 is 10.6 Å². The summed E-state index contributed by atoms with van der Waals surface area (Å²) in [6, 6.07) is 1.92. The summed E-state index contributed by atoms with van der Waals surface area (Å²) in [5.74, 6) is 1.18. The van der Waals surface area contributed by atoms with Crippen LogP contribution in [0, 0.1) is 0 Å². The van der Waals surface area contributed by atoms with E-state index >= 15 is 0 Å². The van der Waals surface area contributed by atoms with Crippen molar-refractivity contribution >= 4 is 11.8 Å². The highest BCUT2D eigenvalue weighted by Gasteiger charge is 2.09. The predicted molar refractivity (Wildman–Crippen MR) is 125 cm³/mol. The average Bonchev–Trinajstić information content (AvgIpc) is 2.76. The third-order valence-corrected chi connectivity index (χ3v) is 5.31. The lowest BCUT2D eigenvalue weighted by Crippen LogP contribution is -2.30. The SMILES string of the molecule is CCN(CC)CCOCCCN(CCCOCCN(CC)CC)c1ccnc(N)n1. The van der Waals surface area contributed by atoms with Crippen LogP contribution in [0.15, 0.2) is 12.3 Å². The molecular formula is C22H44N6O2. The molecular weight excluding hydrogens is 380 g/mol. The molecule has 0 atom stereocenters.